The Bertz CT molecular complexity index is 395. The lowest BCUT2D eigenvalue weighted by Gasteiger charge is -2.03. The van der Waals surface area contributed by atoms with Gasteiger partial charge in [-0.3, -0.25) is 4.57 Å². The van der Waals surface area contributed by atoms with Crippen molar-refractivity contribution >= 4 is 0 Å². The van der Waals surface area contributed by atoms with Gasteiger partial charge in [-0.2, -0.15) is 0 Å². The van der Waals surface area contributed by atoms with Crippen LogP contribution in [0.3, 0.4) is 0 Å². The van der Waals surface area contributed by atoms with Crippen LogP contribution in [0.2, 0.25) is 0 Å². The van der Waals surface area contributed by atoms with E-state index in [1.165, 1.54) is 0 Å². The van der Waals surface area contributed by atoms with Gasteiger partial charge in [-0.05, 0) is 12.6 Å². The summed E-state index contributed by atoms with van der Waals surface area (Å²) in [7, 11) is 0. The molecule has 2 aromatic rings. The Hall–Kier alpha value is -1.75. The summed E-state index contributed by atoms with van der Waals surface area (Å²) in [5.74, 6) is 1.52. The van der Waals surface area contributed by atoms with Crippen molar-refractivity contribution in [2.24, 2.45) is 5.73 Å². The molecule has 0 radical (unpaired) electrons. The molecule has 0 aliphatic carbocycles. The molecule has 0 saturated carbocycles. The Balaban J connectivity index is 2.37. The third kappa shape index (κ3) is 1.62. The first-order chi connectivity index (χ1) is 6.92. The molecule has 0 amide bonds. The first-order valence-corrected chi connectivity index (χ1v) is 4.41. The van der Waals surface area contributed by atoms with E-state index in [1.807, 2.05) is 10.8 Å². The lowest BCUT2D eigenvalue weighted by atomic mass is 10.4. The second kappa shape index (κ2) is 3.97. The van der Waals surface area contributed by atoms with Crippen molar-refractivity contribution < 1.29 is 0 Å². The standard InChI is InChI=1S/C9H11N5/c10-3-2-8-11-6-7-14(8)9-12-4-1-5-13-9/h1,4-7H,2-3,10H2. The van der Waals surface area contributed by atoms with Crippen molar-refractivity contribution in [3.05, 3.63) is 36.7 Å². The molecule has 14 heavy (non-hydrogen) atoms. The first kappa shape index (κ1) is 8.83. The minimum atomic E-state index is 0.573. The Kier molecular flexibility index (Phi) is 2.51. The van der Waals surface area contributed by atoms with Crippen LogP contribution in [0.5, 0.6) is 0 Å². The van der Waals surface area contributed by atoms with E-state index in [4.69, 9.17) is 5.73 Å². The fourth-order valence-corrected chi connectivity index (χ4v) is 1.25. The molecule has 0 aromatic carbocycles. The molecule has 0 aliphatic rings. The van der Waals surface area contributed by atoms with E-state index >= 15 is 0 Å². The first-order valence-electron chi connectivity index (χ1n) is 4.41. The second-order valence-corrected chi connectivity index (χ2v) is 2.80. The molecule has 72 valence electrons. The van der Waals surface area contributed by atoms with E-state index < -0.39 is 0 Å². The smallest absolute Gasteiger partial charge is 0.235 e. The van der Waals surface area contributed by atoms with E-state index in [9.17, 15) is 0 Å². The van der Waals surface area contributed by atoms with Crippen molar-refractivity contribution in [3.8, 4) is 5.95 Å². The van der Waals surface area contributed by atoms with Gasteiger partial charge in [-0.1, -0.05) is 0 Å². The van der Waals surface area contributed by atoms with Gasteiger partial charge in [-0.15, -0.1) is 0 Å². The summed E-state index contributed by atoms with van der Waals surface area (Å²) < 4.78 is 1.84. The van der Waals surface area contributed by atoms with Crippen LogP contribution in [0.25, 0.3) is 5.95 Å². The predicted molar refractivity (Wildman–Crippen MR) is 51.9 cm³/mol. The maximum atomic E-state index is 5.47. The van der Waals surface area contributed by atoms with E-state index in [-0.39, 0.29) is 0 Å². The molecule has 0 saturated heterocycles. The Morgan fingerprint density at radius 1 is 1.14 bits per heavy atom. The molecule has 2 heterocycles. The number of hydrogen-bond donors (Lipinski definition) is 1. The number of imidazole rings is 1. The van der Waals surface area contributed by atoms with Crippen molar-refractivity contribution in [2.45, 2.75) is 6.42 Å². The normalized spacial score (nSPS) is 10.4. The van der Waals surface area contributed by atoms with Crippen LogP contribution in [0.4, 0.5) is 0 Å². The number of rotatable bonds is 3. The summed E-state index contributed by atoms with van der Waals surface area (Å²) in [6.45, 7) is 0.573. The van der Waals surface area contributed by atoms with Crippen LogP contribution in [0.15, 0.2) is 30.9 Å². The summed E-state index contributed by atoms with van der Waals surface area (Å²) >= 11 is 0. The monoisotopic (exact) mass is 189 g/mol. The third-order valence-corrected chi connectivity index (χ3v) is 1.85. The largest absolute Gasteiger partial charge is 0.330 e. The lowest BCUT2D eigenvalue weighted by molar-refractivity contribution is 0.803. The van der Waals surface area contributed by atoms with Gasteiger partial charge in [0, 0.05) is 31.2 Å². The van der Waals surface area contributed by atoms with Crippen LogP contribution >= 0.6 is 0 Å². The van der Waals surface area contributed by atoms with Crippen molar-refractivity contribution in [2.75, 3.05) is 6.54 Å². The number of aromatic nitrogens is 4. The van der Waals surface area contributed by atoms with Gasteiger partial charge in [0.05, 0.1) is 0 Å². The van der Waals surface area contributed by atoms with E-state index in [1.54, 1.807) is 24.7 Å². The van der Waals surface area contributed by atoms with Crippen LogP contribution in [0.1, 0.15) is 5.82 Å². The number of nitrogens with zero attached hydrogens (tertiary/aromatic N) is 4. The maximum Gasteiger partial charge on any atom is 0.235 e. The molecular weight excluding hydrogens is 178 g/mol. The minimum absolute atomic E-state index is 0.573. The Morgan fingerprint density at radius 3 is 2.64 bits per heavy atom. The van der Waals surface area contributed by atoms with Crippen molar-refractivity contribution in [1.82, 2.24) is 19.5 Å². The maximum absolute atomic E-state index is 5.47. The van der Waals surface area contributed by atoms with E-state index in [2.05, 4.69) is 15.0 Å². The third-order valence-electron chi connectivity index (χ3n) is 1.85. The molecule has 5 nitrogen and oxygen atoms in total. The second-order valence-electron chi connectivity index (χ2n) is 2.80. The highest BCUT2D eigenvalue weighted by atomic mass is 15.2. The molecule has 0 fully saturated rings. The van der Waals surface area contributed by atoms with Gasteiger partial charge >= 0.3 is 0 Å². The summed E-state index contributed by atoms with van der Waals surface area (Å²) in [6.07, 6.45) is 7.69. The predicted octanol–water partition coefficient (Wildman–Crippen LogP) is 0.163. The van der Waals surface area contributed by atoms with Gasteiger partial charge in [0.25, 0.3) is 0 Å². The molecule has 2 aromatic heterocycles. The fourth-order valence-electron chi connectivity index (χ4n) is 1.25. The molecular formula is C9H11N5. The lowest BCUT2D eigenvalue weighted by Crippen LogP contribution is -2.10. The molecule has 2 N–H and O–H groups in total. The molecule has 0 bridgehead atoms. The van der Waals surface area contributed by atoms with Gasteiger partial charge in [0.2, 0.25) is 5.95 Å². The molecule has 5 heteroatoms. The van der Waals surface area contributed by atoms with Crippen LogP contribution in [-0.2, 0) is 6.42 Å². The zero-order valence-electron chi connectivity index (χ0n) is 7.67. The highest BCUT2D eigenvalue weighted by Crippen LogP contribution is 2.04. The van der Waals surface area contributed by atoms with Crippen LogP contribution < -0.4 is 5.73 Å². The van der Waals surface area contributed by atoms with Crippen LogP contribution in [0, 0.1) is 0 Å². The average molecular weight is 189 g/mol. The average Bonchev–Trinajstić information content (AvgIpc) is 2.68. The van der Waals surface area contributed by atoms with Crippen molar-refractivity contribution in [3.63, 3.8) is 0 Å². The molecule has 2 rings (SSSR count). The molecule has 0 aliphatic heterocycles. The van der Waals surface area contributed by atoms with Crippen molar-refractivity contribution in [1.29, 1.82) is 0 Å². The van der Waals surface area contributed by atoms with Gasteiger partial charge < -0.3 is 5.73 Å². The highest BCUT2D eigenvalue weighted by Gasteiger charge is 2.04. The summed E-state index contributed by atoms with van der Waals surface area (Å²) in [5.41, 5.74) is 5.47. The Labute approximate surface area is 81.6 Å². The van der Waals surface area contributed by atoms with Gasteiger partial charge in [0.1, 0.15) is 5.82 Å². The van der Waals surface area contributed by atoms with E-state index in [0.29, 0.717) is 12.5 Å². The topological polar surface area (TPSA) is 69.6 Å². The SMILES string of the molecule is NCCc1nccn1-c1ncccn1. The quantitative estimate of drug-likeness (QED) is 0.746. The molecule has 0 unspecified atom stereocenters. The fraction of sp³-hybridized carbons (Fsp3) is 0.222. The summed E-state index contributed by atoms with van der Waals surface area (Å²) in [4.78, 5) is 12.5. The van der Waals surface area contributed by atoms with Crippen LogP contribution in [-0.4, -0.2) is 26.1 Å². The number of hydrogen-bond acceptors (Lipinski definition) is 4. The van der Waals surface area contributed by atoms with Gasteiger partial charge in [-0.25, -0.2) is 15.0 Å². The molecule has 0 atom stereocenters. The Morgan fingerprint density at radius 2 is 1.93 bits per heavy atom. The van der Waals surface area contributed by atoms with Gasteiger partial charge in [0.15, 0.2) is 0 Å². The minimum Gasteiger partial charge on any atom is -0.330 e. The van der Waals surface area contributed by atoms with E-state index in [0.717, 1.165) is 12.2 Å². The highest BCUT2D eigenvalue weighted by molar-refractivity contribution is 5.14. The zero-order valence-corrected chi connectivity index (χ0v) is 7.67. The number of nitrogens with two attached hydrogens (primary N) is 1. The zero-order chi connectivity index (χ0) is 9.80. The summed E-state index contributed by atoms with van der Waals surface area (Å²) in [5, 5.41) is 0. The molecule has 0 spiro atoms. The summed E-state index contributed by atoms with van der Waals surface area (Å²) in [6, 6.07) is 1.78.